The maximum Gasteiger partial charge on any atom is 0.407 e. The highest BCUT2D eigenvalue weighted by Gasteiger charge is 2.40. The Hall–Kier alpha value is -3.14. The van der Waals surface area contributed by atoms with Crippen molar-refractivity contribution in [2.45, 2.75) is 48.7 Å². The molecule has 0 spiro atoms. The molecule has 2 N–H and O–H groups in total. The topological polar surface area (TPSA) is 107 Å². The van der Waals surface area contributed by atoms with Crippen molar-refractivity contribution in [2.75, 3.05) is 24.7 Å². The smallest absolute Gasteiger partial charge is 0.407 e. The third-order valence-electron chi connectivity index (χ3n) is 6.63. The number of halogens is 1. The maximum absolute atomic E-state index is 14.5. The summed E-state index contributed by atoms with van der Waals surface area (Å²) in [4.78, 5) is 28.0. The predicted octanol–water partition coefficient (Wildman–Crippen LogP) is 3.00. The van der Waals surface area contributed by atoms with Crippen LogP contribution in [0.4, 0.5) is 14.9 Å². The van der Waals surface area contributed by atoms with Crippen LogP contribution >= 0.6 is 0 Å². The van der Waals surface area contributed by atoms with Gasteiger partial charge in [0, 0.05) is 31.4 Å². The normalized spacial score (nSPS) is 23.2. The number of rotatable bonds is 6. The maximum atomic E-state index is 14.5. The zero-order valence-electron chi connectivity index (χ0n) is 18.9. The molecule has 2 aromatic carbocycles. The van der Waals surface area contributed by atoms with Crippen LogP contribution in [0.5, 0.6) is 0 Å². The largest absolute Gasteiger partial charge is 0.465 e. The van der Waals surface area contributed by atoms with Gasteiger partial charge in [-0.05, 0) is 49.4 Å². The van der Waals surface area contributed by atoms with E-state index in [0.717, 1.165) is 17.9 Å². The second kappa shape index (κ2) is 9.61. The Bertz CT molecular complexity index is 1170. The number of benzene rings is 2. The first-order chi connectivity index (χ1) is 16.1. The van der Waals surface area contributed by atoms with E-state index in [4.69, 9.17) is 0 Å². The molecule has 10 heteroatoms. The van der Waals surface area contributed by atoms with E-state index >= 15 is 0 Å². The van der Waals surface area contributed by atoms with Gasteiger partial charge in [-0.25, -0.2) is 17.6 Å². The molecule has 2 fully saturated rings. The summed E-state index contributed by atoms with van der Waals surface area (Å²) in [5, 5.41) is 12.6. The number of carbonyl (C=O) groups excluding carboxylic acids is 1. The first-order valence-electron chi connectivity index (χ1n) is 11.2. The van der Waals surface area contributed by atoms with E-state index in [2.05, 4.69) is 5.32 Å². The molecule has 0 saturated carbocycles. The third-order valence-corrected chi connectivity index (χ3v) is 7.74. The van der Waals surface area contributed by atoms with Crippen molar-refractivity contribution in [1.29, 1.82) is 0 Å². The summed E-state index contributed by atoms with van der Waals surface area (Å²) < 4.78 is 37.7. The molecule has 2 unspecified atom stereocenters. The van der Waals surface area contributed by atoms with E-state index in [1.807, 2.05) is 30.3 Å². The van der Waals surface area contributed by atoms with E-state index in [1.165, 1.54) is 17.0 Å². The summed E-state index contributed by atoms with van der Waals surface area (Å²) in [6.07, 6.45) is 2.19. The first kappa shape index (κ1) is 24.0. The van der Waals surface area contributed by atoms with Crippen LogP contribution in [0.3, 0.4) is 0 Å². The van der Waals surface area contributed by atoms with Crippen molar-refractivity contribution in [2.24, 2.45) is 0 Å². The fraction of sp³-hybridized carbons (Fsp3) is 0.417. The number of anilines is 1. The Morgan fingerprint density at radius 1 is 1.15 bits per heavy atom. The molecule has 4 rings (SSSR count). The van der Waals surface area contributed by atoms with Crippen LogP contribution in [-0.2, 0) is 21.1 Å². The lowest BCUT2D eigenvalue weighted by Crippen LogP contribution is -2.53. The van der Waals surface area contributed by atoms with E-state index < -0.39 is 27.8 Å². The van der Waals surface area contributed by atoms with E-state index in [1.54, 1.807) is 4.90 Å². The summed E-state index contributed by atoms with van der Waals surface area (Å²) >= 11 is 0. The Labute approximate surface area is 198 Å². The van der Waals surface area contributed by atoms with Gasteiger partial charge in [-0.1, -0.05) is 30.3 Å². The van der Waals surface area contributed by atoms with Gasteiger partial charge in [-0.3, -0.25) is 4.79 Å². The molecule has 34 heavy (non-hydrogen) atoms. The van der Waals surface area contributed by atoms with Gasteiger partial charge in [-0.15, -0.1) is 0 Å². The van der Waals surface area contributed by atoms with Crippen LogP contribution in [0.2, 0.25) is 0 Å². The van der Waals surface area contributed by atoms with Gasteiger partial charge in [0.15, 0.2) is 9.84 Å². The summed E-state index contributed by atoms with van der Waals surface area (Å²) in [5.41, 5.74) is 1.12. The first-order valence-corrected chi connectivity index (χ1v) is 13.1. The number of sulfone groups is 1. The Kier molecular flexibility index (Phi) is 6.79. The van der Waals surface area contributed by atoms with Crippen molar-refractivity contribution < 1.29 is 27.5 Å². The number of carboxylic acid groups (broad SMARTS) is 1. The highest BCUT2D eigenvalue weighted by atomic mass is 32.2. The third kappa shape index (κ3) is 5.16. The molecule has 3 atom stereocenters. The molecule has 2 aliphatic rings. The molecule has 182 valence electrons. The fourth-order valence-corrected chi connectivity index (χ4v) is 5.51. The number of piperidine rings is 1. The van der Waals surface area contributed by atoms with Gasteiger partial charge in [0.05, 0.1) is 10.6 Å². The van der Waals surface area contributed by atoms with Gasteiger partial charge in [-0.2, -0.15) is 0 Å². The van der Waals surface area contributed by atoms with Crippen LogP contribution in [0.25, 0.3) is 0 Å². The summed E-state index contributed by atoms with van der Waals surface area (Å²) in [6, 6.07) is 12.3. The molecule has 2 amide bonds. The number of carbonyl (C=O) groups is 2. The quantitative estimate of drug-likeness (QED) is 0.646. The van der Waals surface area contributed by atoms with Crippen molar-refractivity contribution >= 4 is 27.5 Å². The highest BCUT2D eigenvalue weighted by Crippen LogP contribution is 2.29. The van der Waals surface area contributed by atoms with Gasteiger partial charge in [0.1, 0.15) is 11.9 Å². The lowest BCUT2D eigenvalue weighted by molar-refractivity contribution is -0.131. The molecule has 0 aromatic heterocycles. The predicted molar refractivity (Wildman–Crippen MR) is 125 cm³/mol. The molecule has 2 aromatic rings. The monoisotopic (exact) mass is 489 g/mol. The second-order valence-electron chi connectivity index (χ2n) is 8.93. The standard InChI is InChI=1S/C24H28FN3O5S/c1-34(32,33)19-7-8-21(20(25)15-19)26-22-10-12-27(23(22)29)17-9-11-28(24(30)31)18(14-17)13-16-5-3-2-4-6-16/h2-8,15,17-18,22,26H,9-14H2,1H3,(H,30,31)/t17?,18-,22?/m0/s1. The highest BCUT2D eigenvalue weighted by molar-refractivity contribution is 7.90. The number of likely N-dealkylation sites (tertiary alicyclic amines) is 2. The molecule has 0 bridgehead atoms. The van der Waals surface area contributed by atoms with Crippen molar-refractivity contribution in [3.05, 3.63) is 59.9 Å². The molecule has 2 saturated heterocycles. The van der Waals surface area contributed by atoms with Crippen LogP contribution in [0, 0.1) is 5.82 Å². The van der Waals surface area contributed by atoms with Gasteiger partial charge in [0.25, 0.3) is 0 Å². The number of nitrogens with one attached hydrogen (secondary N) is 1. The SMILES string of the molecule is CS(=O)(=O)c1ccc(NC2CCN(C3CCN(C(=O)O)[C@@H](Cc4ccccc4)C3)C2=O)c(F)c1. The minimum atomic E-state index is -3.53. The molecule has 0 radical (unpaired) electrons. The van der Waals surface area contributed by atoms with Gasteiger partial charge < -0.3 is 20.2 Å². The summed E-state index contributed by atoms with van der Waals surface area (Å²) in [6.45, 7) is 0.844. The number of nitrogens with zero attached hydrogens (tertiary/aromatic N) is 2. The van der Waals surface area contributed by atoms with Crippen LogP contribution < -0.4 is 5.32 Å². The average molecular weight is 490 g/mol. The van der Waals surface area contributed by atoms with Gasteiger partial charge >= 0.3 is 6.09 Å². The number of hydrogen-bond acceptors (Lipinski definition) is 5. The lowest BCUT2D eigenvalue weighted by Gasteiger charge is -2.41. The van der Waals surface area contributed by atoms with E-state index in [-0.39, 0.29) is 28.6 Å². The minimum Gasteiger partial charge on any atom is -0.465 e. The molecule has 2 heterocycles. The lowest BCUT2D eigenvalue weighted by atomic mass is 9.91. The van der Waals surface area contributed by atoms with E-state index in [9.17, 15) is 27.5 Å². The van der Waals surface area contributed by atoms with Crippen LogP contribution in [0.15, 0.2) is 53.4 Å². The molecule has 0 aliphatic carbocycles. The molecule has 2 aliphatic heterocycles. The number of amides is 2. The number of hydrogen-bond donors (Lipinski definition) is 2. The van der Waals surface area contributed by atoms with Crippen molar-refractivity contribution in [3.63, 3.8) is 0 Å². The zero-order chi connectivity index (χ0) is 24.5. The zero-order valence-corrected chi connectivity index (χ0v) is 19.7. The molecular weight excluding hydrogens is 461 g/mol. The van der Waals surface area contributed by atoms with Crippen molar-refractivity contribution in [1.82, 2.24) is 9.80 Å². The van der Waals surface area contributed by atoms with Gasteiger partial charge in [0.2, 0.25) is 5.91 Å². The Morgan fingerprint density at radius 3 is 2.53 bits per heavy atom. The fourth-order valence-electron chi connectivity index (χ4n) is 4.87. The van der Waals surface area contributed by atoms with Crippen LogP contribution in [-0.4, -0.2) is 72.8 Å². The molecular formula is C24H28FN3O5S. The second-order valence-corrected chi connectivity index (χ2v) is 10.9. The summed E-state index contributed by atoms with van der Waals surface area (Å²) in [7, 11) is -3.53. The average Bonchev–Trinajstić information content (AvgIpc) is 3.15. The van der Waals surface area contributed by atoms with Crippen LogP contribution in [0.1, 0.15) is 24.8 Å². The summed E-state index contributed by atoms with van der Waals surface area (Å²) in [5.74, 6) is -0.884. The van der Waals surface area contributed by atoms with Crippen molar-refractivity contribution in [3.8, 4) is 0 Å². The minimum absolute atomic E-state index is 0.0789. The Morgan fingerprint density at radius 2 is 1.88 bits per heavy atom. The Balaban J connectivity index is 1.44. The molecule has 8 nitrogen and oxygen atoms in total. The van der Waals surface area contributed by atoms with E-state index in [0.29, 0.717) is 38.8 Å².